The van der Waals surface area contributed by atoms with E-state index in [-0.39, 0.29) is 11.8 Å². The van der Waals surface area contributed by atoms with Crippen molar-refractivity contribution in [3.8, 4) is 5.75 Å². The fourth-order valence-corrected chi connectivity index (χ4v) is 2.37. The van der Waals surface area contributed by atoms with E-state index in [2.05, 4.69) is 26.6 Å². The van der Waals surface area contributed by atoms with Crippen LogP contribution in [-0.4, -0.2) is 17.9 Å². The highest BCUT2D eigenvalue weighted by molar-refractivity contribution is 9.10. The smallest absolute Gasteiger partial charge is 0.265 e. The van der Waals surface area contributed by atoms with Crippen molar-refractivity contribution in [1.29, 1.82) is 0 Å². The number of furan rings is 1. The van der Waals surface area contributed by atoms with Gasteiger partial charge in [0.05, 0.1) is 5.69 Å². The molecule has 23 heavy (non-hydrogen) atoms. The van der Waals surface area contributed by atoms with Crippen LogP contribution in [0.3, 0.4) is 0 Å². The number of ether oxygens (including phenoxy) is 1. The second-order valence-corrected chi connectivity index (χ2v) is 5.71. The first-order valence-corrected chi connectivity index (χ1v) is 7.66. The minimum Gasteiger partial charge on any atom is -0.479 e. The number of hydrogen-bond acceptors (Lipinski definition) is 4. The Bertz CT molecular complexity index is 797. The predicted molar refractivity (Wildman–Crippen MR) is 89.2 cm³/mol. The van der Waals surface area contributed by atoms with Crippen LogP contribution in [0.15, 0.2) is 45.5 Å². The molecule has 1 aromatic heterocycles. The Kier molecular flexibility index (Phi) is 4.20. The van der Waals surface area contributed by atoms with Gasteiger partial charge in [0.15, 0.2) is 10.8 Å². The monoisotopic (exact) mass is 376 g/mol. The van der Waals surface area contributed by atoms with Gasteiger partial charge in [0.25, 0.3) is 5.91 Å². The van der Waals surface area contributed by atoms with Gasteiger partial charge in [-0.1, -0.05) is 0 Å². The average molecular weight is 377 g/mol. The molecular formula is C16H13BrN2O4. The predicted octanol–water partition coefficient (Wildman–Crippen LogP) is 3.41. The standard InChI is InChI=1S/C16H13BrN2O4/c1-9-16(21)19-12-8-10(2-5-13(12)22-9)18-15(20)7-4-11-3-6-14(17)23-11/h2-9H,1H3,(H,18,20)(H,19,21)/b7-4+. The fraction of sp³-hybridized carbons (Fsp3) is 0.125. The lowest BCUT2D eigenvalue weighted by Gasteiger charge is -2.23. The van der Waals surface area contributed by atoms with Gasteiger partial charge in [-0.15, -0.1) is 0 Å². The zero-order valence-electron chi connectivity index (χ0n) is 12.1. The Labute approximate surface area is 140 Å². The van der Waals surface area contributed by atoms with Crippen LogP contribution < -0.4 is 15.4 Å². The van der Waals surface area contributed by atoms with Crippen LogP contribution >= 0.6 is 15.9 Å². The van der Waals surface area contributed by atoms with Crippen molar-refractivity contribution in [3.63, 3.8) is 0 Å². The minimum absolute atomic E-state index is 0.218. The van der Waals surface area contributed by atoms with Crippen molar-refractivity contribution in [2.24, 2.45) is 0 Å². The van der Waals surface area contributed by atoms with Crippen molar-refractivity contribution < 1.29 is 18.7 Å². The number of nitrogens with one attached hydrogen (secondary N) is 2. The number of hydrogen-bond donors (Lipinski definition) is 2. The Hall–Kier alpha value is -2.54. The molecule has 0 aliphatic carbocycles. The summed E-state index contributed by atoms with van der Waals surface area (Å²) in [4.78, 5) is 23.5. The van der Waals surface area contributed by atoms with Crippen molar-refractivity contribution in [2.75, 3.05) is 10.6 Å². The number of halogens is 1. The highest BCUT2D eigenvalue weighted by Gasteiger charge is 2.23. The third kappa shape index (κ3) is 3.62. The van der Waals surface area contributed by atoms with Crippen LogP contribution in [0, 0.1) is 0 Å². The van der Waals surface area contributed by atoms with E-state index < -0.39 is 6.10 Å². The fourth-order valence-electron chi connectivity index (χ4n) is 2.05. The van der Waals surface area contributed by atoms with E-state index in [1.54, 1.807) is 43.3 Å². The zero-order chi connectivity index (χ0) is 16.4. The zero-order valence-corrected chi connectivity index (χ0v) is 13.7. The van der Waals surface area contributed by atoms with Gasteiger partial charge in [-0.2, -0.15) is 0 Å². The SMILES string of the molecule is CC1Oc2ccc(NC(=O)/C=C/c3ccc(Br)o3)cc2NC1=O. The lowest BCUT2D eigenvalue weighted by atomic mass is 10.2. The van der Waals surface area contributed by atoms with Gasteiger partial charge in [-0.05, 0) is 59.3 Å². The van der Waals surface area contributed by atoms with E-state index in [1.807, 2.05) is 0 Å². The van der Waals surface area contributed by atoms with Crippen molar-refractivity contribution in [2.45, 2.75) is 13.0 Å². The Morgan fingerprint density at radius 2 is 2.17 bits per heavy atom. The molecule has 1 aromatic carbocycles. The quantitative estimate of drug-likeness (QED) is 0.804. The molecule has 2 heterocycles. The number of benzene rings is 1. The molecule has 2 amide bonds. The summed E-state index contributed by atoms with van der Waals surface area (Å²) < 4.78 is 11.3. The summed E-state index contributed by atoms with van der Waals surface area (Å²) in [5, 5.41) is 5.44. The van der Waals surface area contributed by atoms with Crippen LogP contribution in [-0.2, 0) is 9.59 Å². The number of carbonyl (C=O) groups is 2. The van der Waals surface area contributed by atoms with E-state index in [0.29, 0.717) is 27.6 Å². The summed E-state index contributed by atoms with van der Waals surface area (Å²) in [6.45, 7) is 1.67. The van der Waals surface area contributed by atoms with E-state index in [4.69, 9.17) is 9.15 Å². The third-order valence-corrected chi connectivity index (χ3v) is 3.60. The molecular weight excluding hydrogens is 364 g/mol. The van der Waals surface area contributed by atoms with E-state index >= 15 is 0 Å². The molecule has 0 spiro atoms. The van der Waals surface area contributed by atoms with Gasteiger partial charge < -0.3 is 19.8 Å². The van der Waals surface area contributed by atoms with Crippen LogP contribution in [0.25, 0.3) is 6.08 Å². The van der Waals surface area contributed by atoms with Gasteiger partial charge >= 0.3 is 0 Å². The first kappa shape index (κ1) is 15.4. The molecule has 1 unspecified atom stereocenters. The van der Waals surface area contributed by atoms with Gasteiger partial charge in [0, 0.05) is 11.8 Å². The number of amides is 2. The summed E-state index contributed by atoms with van der Waals surface area (Å²) in [7, 11) is 0. The van der Waals surface area contributed by atoms with Gasteiger partial charge in [0.2, 0.25) is 5.91 Å². The topological polar surface area (TPSA) is 80.6 Å². The molecule has 2 N–H and O–H groups in total. The molecule has 0 radical (unpaired) electrons. The lowest BCUT2D eigenvalue weighted by molar-refractivity contribution is -0.122. The molecule has 6 nitrogen and oxygen atoms in total. The van der Waals surface area contributed by atoms with Crippen LogP contribution in [0.1, 0.15) is 12.7 Å². The number of anilines is 2. The normalized spacial score (nSPS) is 16.6. The minimum atomic E-state index is -0.529. The molecule has 3 rings (SSSR count). The summed E-state index contributed by atoms with van der Waals surface area (Å²) in [6.07, 6.45) is 2.39. The molecule has 1 aliphatic rings. The number of rotatable bonds is 3. The molecule has 2 aromatic rings. The van der Waals surface area contributed by atoms with Gasteiger partial charge in [-0.3, -0.25) is 9.59 Å². The maximum Gasteiger partial charge on any atom is 0.265 e. The Morgan fingerprint density at radius 3 is 2.91 bits per heavy atom. The maximum absolute atomic E-state index is 11.9. The van der Waals surface area contributed by atoms with Crippen molar-refractivity contribution in [3.05, 3.63) is 46.8 Å². The third-order valence-electron chi connectivity index (χ3n) is 3.17. The molecule has 1 aliphatic heterocycles. The van der Waals surface area contributed by atoms with Crippen LogP contribution in [0.2, 0.25) is 0 Å². The summed E-state index contributed by atoms with van der Waals surface area (Å²) in [5.74, 6) is 0.608. The summed E-state index contributed by atoms with van der Waals surface area (Å²) in [5.41, 5.74) is 1.09. The van der Waals surface area contributed by atoms with E-state index in [1.165, 1.54) is 6.08 Å². The van der Waals surface area contributed by atoms with Gasteiger partial charge in [0.1, 0.15) is 11.5 Å². The average Bonchev–Trinajstić information content (AvgIpc) is 2.92. The second kappa shape index (κ2) is 6.29. The van der Waals surface area contributed by atoms with Crippen molar-refractivity contribution >= 4 is 45.2 Å². The molecule has 118 valence electrons. The van der Waals surface area contributed by atoms with Crippen LogP contribution in [0.5, 0.6) is 5.75 Å². The Morgan fingerprint density at radius 1 is 1.35 bits per heavy atom. The maximum atomic E-state index is 11.9. The molecule has 0 saturated carbocycles. The molecule has 7 heteroatoms. The lowest BCUT2D eigenvalue weighted by Crippen LogP contribution is -2.34. The molecule has 0 saturated heterocycles. The van der Waals surface area contributed by atoms with E-state index in [9.17, 15) is 9.59 Å². The molecule has 0 bridgehead atoms. The summed E-state index contributed by atoms with van der Waals surface area (Å²) >= 11 is 3.19. The highest BCUT2D eigenvalue weighted by atomic mass is 79.9. The Balaban J connectivity index is 1.68. The van der Waals surface area contributed by atoms with E-state index in [0.717, 1.165) is 0 Å². The first-order valence-electron chi connectivity index (χ1n) is 6.87. The summed E-state index contributed by atoms with van der Waals surface area (Å²) in [6, 6.07) is 8.53. The number of carbonyl (C=O) groups excluding carboxylic acids is 2. The van der Waals surface area contributed by atoms with Crippen LogP contribution in [0.4, 0.5) is 11.4 Å². The molecule has 1 atom stereocenters. The molecule has 0 fully saturated rings. The first-order chi connectivity index (χ1) is 11.0. The second-order valence-electron chi connectivity index (χ2n) is 4.92. The highest BCUT2D eigenvalue weighted by Crippen LogP contribution is 2.32. The largest absolute Gasteiger partial charge is 0.479 e. The van der Waals surface area contributed by atoms with Gasteiger partial charge in [-0.25, -0.2) is 0 Å². The number of fused-ring (bicyclic) bond motifs is 1. The van der Waals surface area contributed by atoms with Crippen molar-refractivity contribution in [1.82, 2.24) is 0 Å².